The molecule has 1 atom stereocenters. The fourth-order valence-corrected chi connectivity index (χ4v) is 3.18. The van der Waals surface area contributed by atoms with Gasteiger partial charge in [0.1, 0.15) is 11.0 Å². The topological polar surface area (TPSA) is 93.7 Å². The summed E-state index contributed by atoms with van der Waals surface area (Å²) in [7, 11) is 0. The van der Waals surface area contributed by atoms with Crippen LogP contribution in [0.3, 0.4) is 0 Å². The maximum Gasteiger partial charge on any atom is 0.225 e. The second-order valence-electron chi connectivity index (χ2n) is 7.66. The van der Waals surface area contributed by atoms with E-state index in [4.69, 9.17) is 20.8 Å². The van der Waals surface area contributed by atoms with E-state index in [0.29, 0.717) is 12.5 Å². The Morgan fingerprint density at radius 1 is 1.07 bits per heavy atom. The van der Waals surface area contributed by atoms with Gasteiger partial charge in [0.2, 0.25) is 5.95 Å². The number of halogens is 1. The first-order valence-electron chi connectivity index (χ1n) is 9.58. The van der Waals surface area contributed by atoms with E-state index < -0.39 is 0 Å². The van der Waals surface area contributed by atoms with Gasteiger partial charge in [-0.2, -0.15) is 10.1 Å². The number of aromatic nitrogens is 4. The minimum Gasteiger partial charge on any atom is -0.353 e. The first-order valence-corrected chi connectivity index (χ1v) is 10.4. The lowest BCUT2D eigenvalue weighted by atomic mass is 10.1. The Hall–Kier alpha value is -2.19. The van der Waals surface area contributed by atoms with Crippen LogP contribution < -0.4 is 16.4 Å². The number of rotatable bonds is 7. The Kier molecular flexibility index (Phi) is 6.20. The van der Waals surface area contributed by atoms with Crippen molar-refractivity contribution in [1.82, 2.24) is 19.7 Å². The van der Waals surface area contributed by atoms with Crippen LogP contribution in [0.4, 0.5) is 17.5 Å². The molecule has 28 heavy (non-hydrogen) atoms. The molecule has 2 aromatic heterocycles. The summed E-state index contributed by atoms with van der Waals surface area (Å²) in [6, 6.07) is 8.20. The number of fused-ring (bicyclic) bond motifs is 1. The van der Waals surface area contributed by atoms with Crippen molar-refractivity contribution in [1.29, 1.82) is 0 Å². The highest BCUT2D eigenvalue weighted by atomic mass is 79.9. The first kappa shape index (κ1) is 20.5. The van der Waals surface area contributed by atoms with Crippen LogP contribution in [0.15, 0.2) is 28.7 Å². The van der Waals surface area contributed by atoms with Crippen LogP contribution in [0.2, 0.25) is 0 Å². The van der Waals surface area contributed by atoms with Crippen LogP contribution >= 0.6 is 15.9 Å². The van der Waals surface area contributed by atoms with Crippen LogP contribution in [0, 0.1) is 0 Å². The predicted octanol–water partition coefficient (Wildman–Crippen LogP) is 4.80. The predicted molar refractivity (Wildman–Crippen MR) is 119 cm³/mol. The van der Waals surface area contributed by atoms with Crippen LogP contribution in [0.1, 0.15) is 52.3 Å². The van der Waals surface area contributed by atoms with Gasteiger partial charge in [0, 0.05) is 28.8 Å². The quantitative estimate of drug-likeness (QED) is 0.483. The molecule has 0 radical (unpaired) electrons. The van der Waals surface area contributed by atoms with Crippen LogP contribution in [0.5, 0.6) is 0 Å². The number of hydrogen-bond donors (Lipinski definition) is 3. The highest BCUT2D eigenvalue weighted by Gasteiger charge is 2.22. The molecular weight excluding hydrogens is 418 g/mol. The molecular formula is C20H28BrN7. The summed E-state index contributed by atoms with van der Waals surface area (Å²) in [5, 5.41) is 11.5. The molecule has 0 saturated carbocycles. The lowest BCUT2D eigenvalue weighted by Gasteiger charge is -2.14. The first-order chi connectivity index (χ1) is 13.3. The van der Waals surface area contributed by atoms with E-state index in [0.717, 1.165) is 32.7 Å². The molecule has 3 aromatic rings. The van der Waals surface area contributed by atoms with Crippen LogP contribution in [0.25, 0.3) is 11.0 Å². The molecule has 4 N–H and O–H groups in total. The SMILES string of the molecule is CC(N)CNc1nc(Nc2ccc(Br)cc2)c2c(n1)c(C(C)C)nn2C(C)C. The van der Waals surface area contributed by atoms with Gasteiger partial charge in [0.05, 0.1) is 5.69 Å². The number of anilines is 3. The molecule has 3 rings (SSSR count). The minimum absolute atomic E-state index is 0.00476. The van der Waals surface area contributed by atoms with Crippen molar-refractivity contribution in [2.24, 2.45) is 5.73 Å². The van der Waals surface area contributed by atoms with Crippen LogP contribution in [-0.4, -0.2) is 32.3 Å². The normalized spacial score (nSPS) is 12.8. The standard InChI is InChI=1S/C20H28BrN7/c1-11(2)16-17-18(28(27-16)12(3)4)19(24-15-8-6-14(21)7-9-15)26-20(25-17)23-10-13(5)22/h6-9,11-13H,10,22H2,1-5H3,(H2,23,24,25,26). The molecule has 0 saturated heterocycles. The van der Waals surface area contributed by atoms with Gasteiger partial charge in [-0.25, -0.2) is 4.98 Å². The third-order valence-corrected chi connectivity index (χ3v) is 4.82. The van der Waals surface area contributed by atoms with Gasteiger partial charge in [-0.15, -0.1) is 0 Å². The zero-order valence-electron chi connectivity index (χ0n) is 17.0. The van der Waals surface area contributed by atoms with Gasteiger partial charge in [-0.1, -0.05) is 29.8 Å². The van der Waals surface area contributed by atoms with Crippen molar-refractivity contribution in [2.75, 3.05) is 17.2 Å². The molecule has 8 heteroatoms. The van der Waals surface area contributed by atoms with E-state index in [1.807, 2.05) is 35.9 Å². The van der Waals surface area contributed by atoms with E-state index in [2.05, 4.69) is 54.3 Å². The largest absolute Gasteiger partial charge is 0.353 e. The maximum absolute atomic E-state index is 5.90. The maximum atomic E-state index is 5.90. The van der Waals surface area contributed by atoms with E-state index in [9.17, 15) is 0 Å². The highest BCUT2D eigenvalue weighted by Crippen LogP contribution is 2.32. The second-order valence-corrected chi connectivity index (χ2v) is 8.58. The monoisotopic (exact) mass is 445 g/mol. The van der Waals surface area contributed by atoms with Crippen LogP contribution in [-0.2, 0) is 0 Å². The lowest BCUT2D eigenvalue weighted by molar-refractivity contribution is 0.539. The summed E-state index contributed by atoms with van der Waals surface area (Å²) in [5.74, 6) is 1.53. The fraction of sp³-hybridized carbons (Fsp3) is 0.450. The average molecular weight is 446 g/mol. The molecule has 0 aliphatic heterocycles. The lowest BCUT2D eigenvalue weighted by Crippen LogP contribution is -2.26. The fourth-order valence-electron chi connectivity index (χ4n) is 2.91. The third-order valence-electron chi connectivity index (χ3n) is 4.30. The third kappa shape index (κ3) is 4.44. The zero-order valence-corrected chi connectivity index (χ0v) is 18.6. The summed E-state index contributed by atoms with van der Waals surface area (Å²) in [6.07, 6.45) is 0. The Morgan fingerprint density at radius 2 is 1.75 bits per heavy atom. The molecule has 1 unspecified atom stereocenters. The Balaban J connectivity index is 2.17. The van der Waals surface area contributed by atoms with Gasteiger partial charge in [0.25, 0.3) is 0 Å². The van der Waals surface area contributed by atoms with Gasteiger partial charge in [0.15, 0.2) is 5.82 Å². The number of nitrogens with zero attached hydrogens (tertiary/aromatic N) is 4. The smallest absolute Gasteiger partial charge is 0.225 e. The second kappa shape index (κ2) is 8.45. The zero-order chi connectivity index (χ0) is 20.4. The number of nitrogens with two attached hydrogens (primary N) is 1. The van der Waals surface area contributed by atoms with Gasteiger partial charge < -0.3 is 16.4 Å². The average Bonchev–Trinajstić information content (AvgIpc) is 3.02. The Bertz CT molecular complexity index is 945. The Labute approximate surface area is 174 Å². The molecule has 0 bridgehead atoms. The molecule has 1 aromatic carbocycles. The van der Waals surface area contributed by atoms with E-state index in [1.165, 1.54) is 0 Å². The van der Waals surface area contributed by atoms with Crippen molar-refractivity contribution in [3.05, 3.63) is 34.4 Å². The van der Waals surface area contributed by atoms with Crippen molar-refractivity contribution >= 4 is 44.4 Å². The number of benzene rings is 1. The molecule has 0 amide bonds. The molecule has 150 valence electrons. The van der Waals surface area contributed by atoms with E-state index in [1.54, 1.807) is 0 Å². The summed E-state index contributed by atoms with van der Waals surface area (Å²) in [5.41, 5.74) is 9.59. The van der Waals surface area contributed by atoms with E-state index >= 15 is 0 Å². The van der Waals surface area contributed by atoms with E-state index in [-0.39, 0.29) is 18.0 Å². The summed E-state index contributed by atoms with van der Waals surface area (Å²) in [6.45, 7) is 11.0. The molecule has 2 heterocycles. The summed E-state index contributed by atoms with van der Waals surface area (Å²) >= 11 is 3.48. The molecule has 0 aliphatic carbocycles. The summed E-state index contributed by atoms with van der Waals surface area (Å²) in [4.78, 5) is 9.52. The van der Waals surface area contributed by atoms with Crippen molar-refractivity contribution < 1.29 is 0 Å². The highest BCUT2D eigenvalue weighted by molar-refractivity contribution is 9.10. The molecule has 0 aliphatic rings. The molecule has 0 fully saturated rings. The number of hydrogen-bond acceptors (Lipinski definition) is 6. The van der Waals surface area contributed by atoms with Gasteiger partial charge >= 0.3 is 0 Å². The summed E-state index contributed by atoms with van der Waals surface area (Å²) < 4.78 is 3.03. The van der Waals surface area contributed by atoms with Gasteiger partial charge in [-0.3, -0.25) is 4.68 Å². The number of nitrogens with one attached hydrogen (secondary N) is 2. The minimum atomic E-state index is 0.00476. The van der Waals surface area contributed by atoms with Crippen molar-refractivity contribution in [2.45, 2.75) is 52.6 Å². The van der Waals surface area contributed by atoms with Crippen molar-refractivity contribution in [3.63, 3.8) is 0 Å². The molecule has 0 spiro atoms. The van der Waals surface area contributed by atoms with Crippen molar-refractivity contribution in [3.8, 4) is 0 Å². The Morgan fingerprint density at radius 3 is 2.32 bits per heavy atom. The molecule has 7 nitrogen and oxygen atoms in total. The van der Waals surface area contributed by atoms with Gasteiger partial charge in [-0.05, 0) is 51.0 Å².